The number of hydrogen-bond acceptors (Lipinski definition) is 5. The molecule has 0 radical (unpaired) electrons. The molecule has 1 atom stereocenters. The molecule has 0 aliphatic carbocycles. The largest absolute Gasteiger partial charge is 0.478 e. The first kappa shape index (κ1) is 12.3. The van der Waals surface area contributed by atoms with E-state index in [1.807, 2.05) is 18.8 Å². The Morgan fingerprint density at radius 3 is 3.18 bits per heavy atom. The Labute approximate surface area is 104 Å². The molecule has 5 nitrogen and oxygen atoms in total. The molecule has 1 unspecified atom stereocenters. The van der Waals surface area contributed by atoms with E-state index in [1.165, 1.54) is 18.3 Å². The van der Waals surface area contributed by atoms with Crippen LogP contribution in [0, 0.1) is 0 Å². The number of carboxylic acid groups (broad SMARTS) is 1. The van der Waals surface area contributed by atoms with Crippen LogP contribution in [0.25, 0.3) is 0 Å². The van der Waals surface area contributed by atoms with Crippen LogP contribution in [0.3, 0.4) is 0 Å². The number of thioether (sulfide) groups is 1. The summed E-state index contributed by atoms with van der Waals surface area (Å²) < 4.78 is 0. The van der Waals surface area contributed by atoms with Crippen molar-refractivity contribution >= 4 is 17.7 Å². The van der Waals surface area contributed by atoms with E-state index in [2.05, 4.69) is 14.9 Å². The summed E-state index contributed by atoms with van der Waals surface area (Å²) in [5.74, 6) is 1.34. The van der Waals surface area contributed by atoms with Crippen LogP contribution in [0.5, 0.6) is 0 Å². The van der Waals surface area contributed by atoms with Gasteiger partial charge in [0, 0.05) is 24.5 Å². The summed E-state index contributed by atoms with van der Waals surface area (Å²) in [5.41, 5.74) is 0.789. The van der Waals surface area contributed by atoms with E-state index in [4.69, 9.17) is 5.11 Å². The zero-order chi connectivity index (χ0) is 12.3. The minimum atomic E-state index is -0.963. The van der Waals surface area contributed by atoms with Gasteiger partial charge in [0.1, 0.15) is 11.9 Å². The highest BCUT2D eigenvalue weighted by molar-refractivity contribution is 7.99. The molecule has 1 aromatic rings. The number of hydrogen-bond donors (Lipinski definition) is 1. The van der Waals surface area contributed by atoms with Crippen molar-refractivity contribution in [1.82, 2.24) is 14.9 Å². The summed E-state index contributed by atoms with van der Waals surface area (Å²) >= 11 is 1.94. The molecule has 17 heavy (non-hydrogen) atoms. The number of aromatic nitrogens is 2. The van der Waals surface area contributed by atoms with Crippen molar-refractivity contribution < 1.29 is 9.90 Å². The van der Waals surface area contributed by atoms with Gasteiger partial charge in [0.05, 0.1) is 5.69 Å². The van der Waals surface area contributed by atoms with Crippen LogP contribution in [-0.4, -0.2) is 50.5 Å². The number of carboxylic acids is 1. The van der Waals surface area contributed by atoms with Crippen molar-refractivity contribution in [2.24, 2.45) is 0 Å². The van der Waals surface area contributed by atoms with E-state index in [0.29, 0.717) is 18.3 Å². The van der Waals surface area contributed by atoms with E-state index >= 15 is 0 Å². The normalized spacial score (nSPS) is 19.8. The highest BCUT2D eigenvalue weighted by atomic mass is 32.2. The molecule has 1 aromatic heterocycles. The Morgan fingerprint density at radius 1 is 1.71 bits per heavy atom. The molecule has 1 aliphatic heterocycles. The zero-order valence-corrected chi connectivity index (χ0v) is 10.5. The van der Waals surface area contributed by atoms with Gasteiger partial charge in [-0.15, -0.1) is 0 Å². The second-order valence-electron chi connectivity index (χ2n) is 4.12. The topological polar surface area (TPSA) is 66.3 Å². The molecule has 1 fully saturated rings. The van der Waals surface area contributed by atoms with E-state index in [1.54, 1.807) is 0 Å². The van der Waals surface area contributed by atoms with Gasteiger partial charge in [-0.3, -0.25) is 4.90 Å². The smallest absolute Gasteiger partial charge is 0.339 e. The number of rotatable bonds is 4. The van der Waals surface area contributed by atoms with Crippen LogP contribution < -0.4 is 0 Å². The summed E-state index contributed by atoms with van der Waals surface area (Å²) in [7, 11) is 2.02. The SMILES string of the molecule is CN(Cc1ncncc1C(=O)O)C1CCSC1. The maximum Gasteiger partial charge on any atom is 0.339 e. The molecule has 2 heterocycles. The van der Waals surface area contributed by atoms with Crippen LogP contribution in [0.15, 0.2) is 12.5 Å². The maximum atomic E-state index is 11.0. The minimum absolute atomic E-state index is 0.199. The third-order valence-corrected chi connectivity index (χ3v) is 4.10. The van der Waals surface area contributed by atoms with Gasteiger partial charge in [0.2, 0.25) is 0 Å². The lowest BCUT2D eigenvalue weighted by Crippen LogP contribution is -2.31. The molecule has 0 saturated carbocycles. The summed E-state index contributed by atoms with van der Waals surface area (Å²) in [5, 5.41) is 9.04. The second kappa shape index (κ2) is 5.46. The predicted octanol–water partition coefficient (Wildman–Crippen LogP) is 1.11. The highest BCUT2D eigenvalue weighted by Gasteiger charge is 2.22. The van der Waals surface area contributed by atoms with Crippen LogP contribution >= 0.6 is 11.8 Å². The van der Waals surface area contributed by atoms with Gasteiger partial charge in [0.15, 0.2) is 0 Å². The summed E-state index contributed by atoms with van der Waals surface area (Å²) in [6.45, 7) is 0.565. The third-order valence-electron chi connectivity index (χ3n) is 2.95. The first-order valence-electron chi connectivity index (χ1n) is 5.48. The number of nitrogens with zero attached hydrogens (tertiary/aromatic N) is 3. The minimum Gasteiger partial charge on any atom is -0.478 e. The summed E-state index contributed by atoms with van der Waals surface area (Å²) in [6.07, 6.45) is 3.93. The molecule has 6 heteroatoms. The third kappa shape index (κ3) is 2.95. The van der Waals surface area contributed by atoms with Crippen molar-refractivity contribution in [3.63, 3.8) is 0 Å². The first-order valence-corrected chi connectivity index (χ1v) is 6.64. The molecule has 92 valence electrons. The molecule has 0 bridgehead atoms. The lowest BCUT2D eigenvalue weighted by molar-refractivity contribution is 0.0693. The number of aromatic carboxylic acids is 1. The maximum absolute atomic E-state index is 11.0. The molecule has 1 saturated heterocycles. The molecule has 1 N–H and O–H groups in total. The Morgan fingerprint density at radius 2 is 2.53 bits per heavy atom. The van der Waals surface area contributed by atoms with Crippen molar-refractivity contribution in [2.75, 3.05) is 18.6 Å². The Kier molecular flexibility index (Phi) is 3.96. The van der Waals surface area contributed by atoms with Crippen LogP contribution in [0.2, 0.25) is 0 Å². The second-order valence-corrected chi connectivity index (χ2v) is 5.27. The molecule has 0 spiro atoms. The number of carbonyl (C=O) groups is 1. The van der Waals surface area contributed by atoms with E-state index in [0.717, 1.165) is 12.2 Å². The van der Waals surface area contributed by atoms with Gasteiger partial charge < -0.3 is 5.11 Å². The average Bonchev–Trinajstić information content (AvgIpc) is 2.83. The van der Waals surface area contributed by atoms with Crippen molar-refractivity contribution in [3.05, 3.63) is 23.8 Å². The molecular formula is C11H15N3O2S. The van der Waals surface area contributed by atoms with Crippen LogP contribution in [-0.2, 0) is 6.54 Å². The zero-order valence-electron chi connectivity index (χ0n) is 9.67. The fraction of sp³-hybridized carbons (Fsp3) is 0.545. The van der Waals surface area contributed by atoms with Gasteiger partial charge >= 0.3 is 5.97 Å². The van der Waals surface area contributed by atoms with Crippen molar-refractivity contribution in [2.45, 2.75) is 19.0 Å². The molecule has 1 aliphatic rings. The molecular weight excluding hydrogens is 238 g/mol. The quantitative estimate of drug-likeness (QED) is 0.867. The highest BCUT2D eigenvalue weighted by Crippen LogP contribution is 2.22. The van der Waals surface area contributed by atoms with E-state index in [-0.39, 0.29) is 5.56 Å². The first-order chi connectivity index (χ1) is 8.18. The Balaban J connectivity index is 2.09. The van der Waals surface area contributed by atoms with Gasteiger partial charge in [-0.25, -0.2) is 14.8 Å². The summed E-state index contributed by atoms with van der Waals surface area (Å²) in [4.78, 5) is 21.0. The van der Waals surface area contributed by atoms with Crippen molar-refractivity contribution in [1.29, 1.82) is 0 Å². The Bertz CT molecular complexity index is 407. The Hall–Kier alpha value is -1.14. The summed E-state index contributed by atoms with van der Waals surface area (Å²) in [6, 6.07) is 0.525. The van der Waals surface area contributed by atoms with Gasteiger partial charge in [-0.2, -0.15) is 11.8 Å². The van der Waals surface area contributed by atoms with E-state index < -0.39 is 5.97 Å². The lowest BCUT2D eigenvalue weighted by Gasteiger charge is -2.23. The van der Waals surface area contributed by atoms with E-state index in [9.17, 15) is 4.79 Å². The van der Waals surface area contributed by atoms with Gasteiger partial charge in [0.25, 0.3) is 0 Å². The fourth-order valence-electron chi connectivity index (χ4n) is 1.89. The average molecular weight is 253 g/mol. The molecule has 0 amide bonds. The van der Waals surface area contributed by atoms with Crippen LogP contribution in [0.1, 0.15) is 22.5 Å². The standard InChI is InChI=1S/C11H15N3O2S/c1-14(8-2-3-17-6-8)5-10-9(11(15)16)4-12-7-13-10/h4,7-8H,2-3,5-6H2,1H3,(H,15,16). The van der Waals surface area contributed by atoms with Crippen LogP contribution in [0.4, 0.5) is 0 Å². The monoisotopic (exact) mass is 253 g/mol. The molecule has 0 aromatic carbocycles. The van der Waals surface area contributed by atoms with Gasteiger partial charge in [-0.05, 0) is 19.2 Å². The molecule has 2 rings (SSSR count). The lowest BCUT2D eigenvalue weighted by atomic mass is 10.2. The fourth-order valence-corrected chi connectivity index (χ4v) is 3.19. The van der Waals surface area contributed by atoms with Gasteiger partial charge in [-0.1, -0.05) is 0 Å². The van der Waals surface area contributed by atoms with Crippen molar-refractivity contribution in [3.8, 4) is 0 Å². The predicted molar refractivity (Wildman–Crippen MR) is 66.2 cm³/mol.